The Bertz CT molecular complexity index is 421. The Balaban J connectivity index is 2.58. The van der Waals surface area contributed by atoms with Crippen LogP contribution >= 0.6 is 0 Å². The summed E-state index contributed by atoms with van der Waals surface area (Å²) in [5.74, 6) is -0.915. The van der Waals surface area contributed by atoms with Crippen molar-refractivity contribution in [2.24, 2.45) is 0 Å². The van der Waals surface area contributed by atoms with Gasteiger partial charge in [0.2, 0.25) is 5.91 Å². The van der Waals surface area contributed by atoms with Crippen molar-refractivity contribution in [3.8, 4) is 0 Å². The Morgan fingerprint density at radius 2 is 1.85 bits per heavy atom. The van der Waals surface area contributed by atoms with Gasteiger partial charge in [0.15, 0.2) is 6.04 Å². The quantitative estimate of drug-likeness (QED) is 0.560. The standard InChI is InChI=1S/C14H19NO5/c1-18-8-9-20-10-12(16)15-13(14(17)19-2)11-6-4-3-5-7-11/h3-7,13H,8-10H2,1-2H3,(H,15,16). The van der Waals surface area contributed by atoms with E-state index < -0.39 is 12.0 Å². The molecule has 1 atom stereocenters. The highest BCUT2D eigenvalue weighted by molar-refractivity contribution is 5.86. The average molecular weight is 281 g/mol. The van der Waals surface area contributed by atoms with Gasteiger partial charge in [0, 0.05) is 7.11 Å². The molecule has 0 spiro atoms. The summed E-state index contributed by atoms with van der Waals surface area (Å²) in [6.07, 6.45) is 0. The fourth-order valence-corrected chi connectivity index (χ4v) is 1.55. The summed E-state index contributed by atoms with van der Waals surface area (Å²) in [7, 11) is 2.83. The molecule has 0 saturated carbocycles. The smallest absolute Gasteiger partial charge is 0.333 e. The molecule has 1 amide bonds. The van der Waals surface area contributed by atoms with Crippen LogP contribution in [-0.2, 0) is 23.8 Å². The molecule has 0 aromatic heterocycles. The lowest BCUT2D eigenvalue weighted by atomic mass is 10.1. The predicted molar refractivity (Wildman–Crippen MR) is 72.0 cm³/mol. The summed E-state index contributed by atoms with van der Waals surface area (Å²) in [4.78, 5) is 23.5. The molecule has 1 rings (SSSR count). The molecular weight excluding hydrogens is 262 g/mol. The molecule has 0 aliphatic carbocycles. The van der Waals surface area contributed by atoms with Crippen LogP contribution in [-0.4, -0.2) is 45.9 Å². The molecule has 1 N–H and O–H groups in total. The van der Waals surface area contributed by atoms with Crippen LogP contribution < -0.4 is 5.32 Å². The molecule has 0 bridgehead atoms. The monoisotopic (exact) mass is 281 g/mol. The number of carbonyl (C=O) groups excluding carboxylic acids is 2. The summed E-state index contributed by atoms with van der Waals surface area (Å²) in [5.41, 5.74) is 0.657. The van der Waals surface area contributed by atoms with Crippen LogP contribution in [0.3, 0.4) is 0 Å². The molecule has 0 heterocycles. The van der Waals surface area contributed by atoms with Crippen LogP contribution in [0, 0.1) is 0 Å². The Morgan fingerprint density at radius 3 is 2.45 bits per heavy atom. The van der Waals surface area contributed by atoms with E-state index >= 15 is 0 Å². The summed E-state index contributed by atoms with van der Waals surface area (Å²) in [5, 5.41) is 2.58. The predicted octanol–water partition coefficient (Wildman–Crippen LogP) is 0.680. The molecule has 0 radical (unpaired) electrons. The van der Waals surface area contributed by atoms with Crippen molar-refractivity contribution in [1.82, 2.24) is 5.32 Å². The average Bonchev–Trinajstić information content (AvgIpc) is 2.49. The zero-order valence-electron chi connectivity index (χ0n) is 11.6. The molecule has 0 saturated heterocycles. The fraction of sp³-hybridized carbons (Fsp3) is 0.429. The van der Waals surface area contributed by atoms with E-state index in [0.717, 1.165) is 0 Å². The molecule has 0 fully saturated rings. The fourth-order valence-electron chi connectivity index (χ4n) is 1.55. The second-order valence-electron chi connectivity index (χ2n) is 3.98. The highest BCUT2D eigenvalue weighted by atomic mass is 16.5. The number of hydrogen-bond acceptors (Lipinski definition) is 5. The first kappa shape index (κ1) is 16.1. The van der Waals surface area contributed by atoms with Crippen molar-refractivity contribution in [3.05, 3.63) is 35.9 Å². The van der Waals surface area contributed by atoms with E-state index in [9.17, 15) is 9.59 Å². The first-order chi connectivity index (χ1) is 9.69. The van der Waals surface area contributed by atoms with Crippen molar-refractivity contribution in [2.45, 2.75) is 6.04 Å². The Labute approximate surface area is 118 Å². The van der Waals surface area contributed by atoms with Crippen molar-refractivity contribution in [3.63, 3.8) is 0 Å². The van der Waals surface area contributed by atoms with Crippen LogP contribution in [0.5, 0.6) is 0 Å². The Morgan fingerprint density at radius 1 is 1.15 bits per heavy atom. The summed E-state index contributed by atoms with van der Waals surface area (Å²) >= 11 is 0. The number of amides is 1. The number of methoxy groups -OCH3 is 2. The Hall–Kier alpha value is -1.92. The first-order valence-electron chi connectivity index (χ1n) is 6.18. The zero-order chi connectivity index (χ0) is 14.8. The number of ether oxygens (including phenoxy) is 3. The first-order valence-corrected chi connectivity index (χ1v) is 6.18. The van der Waals surface area contributed by atoms with Crippen molar-refractivity contribution >= 4 is 11.9 Å². The van der Waals surface area contributed by atoms with E-state index in [1.165, 1.54) is 7.11 Å². The minimum Gasteiger partial charge on any atom is -0.467 e. The Kier molecular flexibility index (Phi) is 7.31. The topological polar surface area (TPSA) is 73.9 Å². The molecule has 110 valence electrons. The van der Waals surface area contributed by atoms with Crippen molar-refractivity contribution < 1.29 is 23.8 Å². The van der Waals surface area contributed by atoms with Gasteiger partial charge in [0.1, 0.15) is 6.61 Å². The molecule has 0 aliphatic heterocycles. The van der Waals surface area contributed by atoms with Gasteiger partial charge in [-0.3, -0.25) is 4.79 Å². The molecule has 0 aliphatic rings. The molecule has 6 heteroatoms. The molecule has 6 nitrogen and oxygen atoms in total. The number of nitrogens with one attached hydrogen (secondary N) is 1. The lowest BCUT2D eigenvalue weighted by molar-refractivity contribution is -0.146. The van der Waals surface area contributed by atoms with Gasteiger partial charge in [-0.05, 0) is 5.56 Å². The van der Waals surface area contributed by atoms with E-state index in [0.29, 0.717) is 18.8 Å². The molecule has 1 aromatic carbocycles. The van der Waals surface area contributed by atoms with Crippen LogP contribution in [0.4, 0.5) is 0 Å². The van der Waals surface area contributed by atoms with E-state index in [4.69, 9.17) is 14.2 Å². The number of esters is 1. The van der Waals surface area contributed by atoms with Crippen LogP contribution in [0.1, 0.15) is 11.6 Å². The van der Waals surface area contributed by atoms with Gasteiger partial charge in [-0.1, -0.05) is 30.3 Å². The largest absolute Gasteiger partial charge is 0.467 e. The van der Waals surface area contributed by atoms with E-state index in [-0.39, 0.29) is 12.5 Å². The molecule has 1 aromatic rings. The van der Waals surface area contributed by atoms with Gasteiger partial charge in [-0.2, -0.15) is 0 Å². The van der Waals surface area contributed by atoms with Crippen LogP contribution in [0.25, 0.3) is 0 Å². The second kappa shape index (κ2) is 9.06. The van der Waals surface area contributed by atoms with Crippen molar-refractivity contribution in [1.29, 1.82) is 0 Å². The summed E-state index contributed by atoms with van der Waals surface area (Å²) in [6, 6.07) is 8.05. The SMILES string of the molecule is COCCOCC(=O)NC(C(=O)OC)c1ccccc1. The minimum absolute atomic E-state index is 0.135. The lowest BCUT2D eigenvalue weighted by Crippen LogP contribution is -2.36. The lowest BCUT2D eigenvalue weighted by Gasteiger charge is -2.16. The maximum atomic E-state index is 11.7. The van der Waals surface area contributed by atoms with Gasteiger partial charge < -0.3 is 19.5 Å². The van der Waals surface area contributed by atoms with E-state index in [1.54, 1.807) is 31.4 Å². The van der Waals surface area contributed by atoms with E-state index in [1.807, 2.05) is 6.07 Å². The third kappa shape index (κ3) is 5.38. The van der Waals surface area contributed by atoms with Crippen LogP contribution in [0.15, 0.2) is 30.3 Å². The number of carbonyl (C=O) groups is 2. The molecule has 20 heavy (non-hydrogen) atoms. The maximum Gasteiger partial charge on any atom is 0.333 e. The number of rotatable bonds is 8. The summed E-state index contributed by atoms with van der Waals surface area (Å²) in [6.45, 7) is 0.591. The summed E-state index contributed by atoms with van der Waals surface area (Å²) < 4.78 is 14.6. The number of hydrogen-bond donors (Lipinski definition) is 1. The van der Waals surface area contributed by atoms with Gasteiger partial charge in [0.25, 0.3) is 0 Å². The van der Waals surface area contributed by atoms with Gasteiger partial charge in [-0.25, -0.2) is 4.79 Å². The zero-order valence-corrected chi connectivity index (χ0v) is 11.6. The number of benzene rings is 1. The van der Waals surface area contributed by atoms with E-state index in [2.05, 4.69) is 5.32 Å². The van der Waals surface area contributed by atoms with Crippen molar-refractivity contribution in [2.75, 3.05) is 34.0 Å². The van der Waals surface area contributed by atoms with Crippen LogP contribution in [0.2, 0.25) is 0 Å². The maximum absolute atomic E-state index is 11.7. The molecule has 1 unspecified atom stereocenters. The molecular formula is C14H19NO5. The highest BCUT2D eigenvalue weighted by Crippen LogP contribution is 2.13. The third-order valence-corrected chi connectivity index (χ3v) is 2.54. The second-order valence-corrected chi connectivity index (χ2v) is 3.98. The normalized spacial score (nSPS) is 11.7. The van der Waals surface area contributed by atoms with Gasteiger partial charge in [0.05, 0.1) is 20.3 Å². The van der Waals surface area contributed by atoms with Gasteiger partial charge >= 0.3 is 5.97 Å². The third-order valence-electron chi connectivity index (χ3n) is 2.54. The highest BCUT2D eigenvalue weighted by Gasteiger charge is 2.23. The minimum atomic E-state index is -0.834. The van der Waals surface area contributed by atoms with Gasteiger partial charge in [-0.15, -0.1) is 0 Å².